The Balaban J connectivity index is 1.25. The first-order valence-corrected chi connectivity index (χ1v) is 16.2. The Kier molecular flexibility index (Phi) is 8.78. The first-order chi connectivity index (χ1) is 21.7. The Morgan fingerprint density at radius 1 is 1.18 bits per heavy atom. The maximum absolute atomic E-state index is 14.1. The van der Waals surface area contributed by atoms with E-state index in [-0.39, 0.29) is 42.7 Å². The molecular weight excluding hydrogens is 570 g/mol. The first-order valence-electron chi connectivity index (χ1n) is 16.2. The lowest BCUT2D eigenvalue weighted by Gasteiger charge is -2.42. The number of fused-ring (bicyclic) bond motifs is 3. The molecule has 3 aliphatic carbocycles. The molecular formula is C36H43N3O6. The van der Waals surface area contributed by atoms with Crippen LogP contribution < -0.4 is 11.1 Å². The van der Waals surface area contributed by atoms with Gasteiger partial charge in [0, 0.05) is 35.7 Å². The van der Waals surface area contributed by atoms with Gasteiger partial charge in [-0.3, -0.25) is 9.59 Å². The van der Waals surface area contributed by atoms with Crippen LogP contribution in [0.5, 0.6) is 0 Å². The lowest BCUT2D eigenvalue weighted by molar-refractivity contribution is -0.150. The third-order valence-corrected chi connectivity index (χ3v) is 10.4. The summed E-state index contributed by atoms with van der Waals surface area (Å²) in [6.45, 7) is 4.57. The van der Waals surface area contributed by atoms with Gasteiger partial charge in [-0.25, -0.2) is 9.78 Å². The number of anilines is 1. The predicted molar refractivity (Wildman–Crippen MR) is 170 cm³/mol. The van der Waals surface area contributed by atoms with Gasteiger partial charge in [0.2, 0.25) is 5.78 Å². The Morgan fingerprint density at radius 3 is 2.69 bits per heavy atom. The molecule has 2 aromatic rings. The van der Waals surface area contributed by atoms with Crippen LogP contribution in [0, 0.1) is 17.8 Å². The number of ketones is 2. The summed E-state index contributed by atoms with van der Waals surface area (Å²) in [6, 6.07) is 10.4. The maximum Gasteiger partial charge on any atom is 0.350 e. The van der Waals surface area contributed by atoms with Crippen LogP contribution in [0.2, 0.25) is 0 Å². The molecule has 4 aliphatic rings. The number of nitrogen functional groups attached to an aromatic ring is 1. The fraction of sp³-hybridized carbons (Fsp3) is 0.500. The number of esters is 1. The number of nitrogens with two attached hydrogens (primary N) is 1. The number of allylic oxidation sites excluding steroid dienone is 3. The molecule has 9 nitrogen and oxygen atoms in total. The number of hydrogen-bond acceptors (Lipinski definition) is 9. The third kappa shape index (κ3) is 5.55. The zero-order chi connectivity index (χ0) is 31.8. The van der Waals surface area contributed by atoms with Crippen LogP contribution in [0.1, 0.15) is 78.7 Å². The molecule has 0 spiro atoms. The highest BCUT2D eigenvalue weighted by atomic mass is 16.7. The maximum atomic E-state index is 14.1. The van der Waals surface area contributed by atoms with E-state index >= 15 is 0 Å². The van der Waals surface area contributed by atoms with Gasteiger partial charge in [0.15, 0.2) is 11.4 Å². The Morgan fingerprint density at radius 2 is 1.96 bits per heavy atom. The van der Waals surface area contributed by atoms with Crippen LogP contribution in [0.25, 0.3) is 0 Å². The summed E-state index contributed by atoms with van der Waals surface area (Å²) in [6.07, 6.45) is 11.5. The highest BCUT2D eigenvalue weighted by Gasteiger charge is 2.85. The van der Waals surface area contributed by atoms with Gasteiger partial charge in [0.1, 0.15) is 5.82 Å². The molecule has 45 heavy (non-hydrogen) atoms. The standard InChI is InChI=1S/C36H43N3O6/c1-3-38-30-18-25-9-5-4-8-24(25)17-26(30)21-44-34(43)36-33(42)29-11-7-6-10-28(29)32(41)35(36,45-36)19-27(20-40)22(2)12-13-23-14-15-39-31(37)16-23/h5-7,9-11,14-16,24-26,30,38,40H,3-4,8,12-13,17-21H2,1-2H3,(H2,37,39)/b27-22-/t24-,25+,26+,30-,35-,36-/m0/s1. The summed E-state index contributed by atoms with van der Waals surface area (Å²) in [4.78, 5) is 46.3. The van der Waals surface area contributed by atoms with E-state index in [1.807, 2.05) is 13.0 Å². The number of hydrogen-bond donors (Lipinski definition) is 3. The molecule has 0 amide bonds. The average Bonchev–Trinajstić information content (AvgIpc) is 3.75. The van der Waals surface area contributed by atoms with Crippen LogP contribution >= 0.6 is 0 Å². The van der Waals surface area contributed by atoms with E-state index in [9.17, 15) is 19.5 Å². The van der Waals surface area contributed by atoms with Crippen molar-refractivity contribution in [3.8, 4) is 0 Å². The Labute approximate surface area is 264 Å². The van der Waals surface area contributed by atoms with Crippen LogP contribution in [0.4, 0.5) is 5.82 Å². The summed E-state index contributed by atoms with van der Waals surface area (Å²) in [5, 5.41) is 14.0. The Hall–Kier alpha value is -3.66. The number of aryl methyl sites for hydroxylation is 1. The molecule has 1 aromatic carbocycles. The smallest absolute Gasteiger partial charge is 0.350 e. The van der Waals surface area contributed by atoms with E-state index < -0.39 is 28.7 Å². The molecule has 0 unspecified atom stereocenters. The number of ether oxygens (including phenoxy) is 2. The second-order valence-electron chi connectivity index (χ2n) is 13.0. The molecule has 2 heterocycles. The molecule has 9 heteroatoms. The average molecular weight is 614 g/mol. The number of epoxide rings is 1. The number of carbonyl (C=O) groups is 3. The molecule has 1 aromatic heterocycles. The van der Waals surface area contributed by atoms with Crippen molar-refractivity contribution in [3.63, 3.8) is 0 Å². The number of Topliss-reactive ketones (excluding diaryl/α,β-unsaturated/α-hetero) is 2. The number of nitrogens with zero attached hydrogens (tertiary/aromatic N) is 1. The second-order valence-corrected chi connectivity index (χ2v) is 13.0. The minimum absolute atomic E-state index is 0.0820. The number of carbonyl (C=O) groups excluding carboxylic acids is 3. The molecule has 238 valence electrons. The van der Waals surface area contributed by atoms with Crippen molar-refractivity contribution in [2.45, 2.75) is 76.0 Å². The third-order valence-electron chi connectivity index (χ3n) is 10.4. The van der Waals surface area contributed by atoms with Gasteiger partial charge in [-0.1, -0.05) is 48.9 Å². The highest BCUT2D eigenvalue weighted by molar-refractivity contribution is 6.32. The minimum Gasteiger partial charge on any atom is -0.463 e. The molecule has 6 rings (SSSR count). The van der Waals surface area contributed by atoms with E-state index in [1.54, 1.807) is 36.5 Å². The van der Waals surface area contributed by atoms with Gasteiger partial charge < -0.3 is 25.6 Å². The molecule has 2 fully saturated rings. The minimum atomic E-state index is -2.07. The fourth-order valence-electron chi connectivity index (χ4n) is 7.83. The molecule has 4 N–H and O–H groups in total. The summed E-state index contributed by atoms with van der Waals surface area (Å²) in [5.41, 5.74) is 4.79. The van der Waals surface area contributed by atoms with Crippen molar-refractivity contribution in [3.05, 3.63) is 82.6 Å². The predicted octanol–water partition coefficient (Wildman–Crippen LogP) is 4.40. The Bertz CT molecular complexity index is 1550. The van der Waals surface area contributed by atoms with E-state index in [0.717, 1.165) is 43.4 Å². The molecule has 0 radical (unpaired) electrons. The van der Waals surface area contributed by atoms with Crippen LogP contribution in [0.15, 0.2) is 65.9 Å². The van der Waals surface area contributed by atoms with Crippen molar-refractivity contribution in [1.29, 1.82) is 0 Å². The number of pyridine rings is 1. The molecule has 1 saturated carbocycles. The topological polar surface area (TPSA) is 144 Å². The monoisotopic (exact) mass is 613 g/mol. The van der Waals surface area contributed by atoms with Gasteiger partial charge in [-0.2, -0.15) is 0 Å². The van der Waals surface area contributed by atoms with Crippen molar-refractivity contribution in [1.82, 2.24) is 10.3 Å². The quantitative estimate of drug-likeness (QED) is 0.145. The largest absolute Gasteiger partial charge is 0.463 e. The highest BCUT2D eigenvalue weighted by Crippen LogP contribution is 2.59. The van der Waals surface area contributed by atoms with E-state index in [0.29, 0.717) is 36.1 Å². The normalized spacial score (nSPS) is 30.6. The van der Waals surface area contributed by atoms with Crippen LogP contribution in [-0.2, 0) is 20.7 Å². The second kappa shape index (κ2) is 12.6. The van der Waals surface area contributed by atoms with Crippen molar-refractivity contribution in [2.75, 3.05) is 25.5 Å². The number of aromatic nitrogens is 1. The van der Waals surface area contributed by atoms with Crippen molar-refractivity contribution < 1.29 is 29.0 Å². The molecule has 1 saturated heterocycles. The first kappa shape index (κ1) is 31.3. The fourth-order valence-corrected chi connectivity index (χ4v) is 7.83. The van der Waals surface area contributed by atoms with Crippen LogP contribution in [0.3, 0.4) is 0 Å². The van der Waals surface area contributed by atoms with Gasteiger partial charge in [-0.05, 0) is 87.1 Å². The zero-order valence-corrected chi connectivity index (χ0v) is 26.1. The van der Waals surface area contributed by atoms with E-state index in [1.165, 1.54) is 0 Å². The summed E-state index contributed by atoms with van der Waals surface area (Å²) < 4.78 is 12.1. The van der Waals surface area contributed by atoms with Gasteiger partial charge in [0.25, 0.3) is 5.60 Å². The van der Waals surface area contributed by atoms with Gasteiger partial charge in [0.05, 0.1) is 13.2 Å². The van der Waals surface area contributed by atoms with Gasteiger partial charge in [-0.15, -0.1) is 0 Å². The lowest BCUT2D eigenvalue weighted by Crippen LogP contribution is -2.52. The molecule has 1 aliphatic heterocycles. The number of nitrogens with one attached hydrogen (secondary N) is 1. The number of aliphatic hydroxyl groups is 1. The number of rotatable bonds is 11. The van der Waals surface area contributed by atoms with Crippen LogP contribution in [-0.4, -0.2) is 64.6 Å². The molecule has 0 bridgehead atoms. The zero-order valence-electron chi connectivity index (χ0n) is 26.1. The number of benzene rings is 1. The van der Waals surface area contributed by atoms with Crippen molar-refractivity contribution >= 4 is 23.4 Å². The number of aliphatic hydroxyl groups excluding tert-OH is 1. The summed E-state index contributed by atoms with van der Waals surface area (Å²) in [7, 11) is 0. The van der Waals surface area contributed by atoms with Crippen molar-refractivity contribution in [2.24, 2.45) is 17.8 Å². The van der Waals surface area contributed by atoms with E-state index in [4.69, 9.17) is 15.2 Å². The lowest BCUT2D eigenvalue weighted by atomic mass is 9.68. The van der Waals surface area contributed by atoms with Gasteiger partial charge >= 0.3 is 5.97 Å². The summed E-state index contributed by atoms with van der Waals surface area (Å²) >= 11 is 0. The SMILES string of the molecule is CCN[C@H]1C[C@H]2C=CCC[C@H]2C[C@@H]1COC(=O)[C@]12O[C@@]1(C/C(CO)=C(\C)CCc1ccnc(N)c1)C(=O)c1ccccc1C2=O. The molecule has 6 atom stereocenters. The van der Waals surface area contributed by atoms with E-state index in [2.05, 4.69) is 29.4 Å². The summed E-state index contributed by atoms with van der Waals surface area (Å²) in [5.74, 6) is -0.245.